The van der Waals surface area contributed by atoms with Crippen LogP contribution in [-0.4, -0.2) is 15.7 Å². The molecule has 0 atom stereocenters. The van der Waals surface area contributed by atoms with Crippen LogP contribution in [0.1, 0.15) is 37.2 Å². The lowest BCUT2D eigenvalue weighted by molar-refractivity contribution is 0.973. The predicted molar refractivity (Wildman–Crippen MR) is 77.3 cm³/mol. The maximum absolute atomic E-state index is 5.96. The Morgan fingerprint density at radius 3 is 3.00 bits per heavy atom. The van der Waals surface area contributed by atoms with Crippen LogP contribution in [0.5, 0.6) is 0 Å². The fourth-order valence-corrected chi connectivity index (χ4v) is 2.67. The Kier molecular flexibility index (Phi) is 4.07. The molecule has 0 aromatic carbocycles. The molecular formula is C11H14IN3S. The summed E-state index contributed by atoms with van der Waals surface area (Å²) in [6.07, 6.45) is 4.35. The van der Waals surface area contributed by atoms with Gasteiger partial charge in [-0.05, 0) is 47.3 Å². The van der Waals surface area contributed by atoms with Gasteiger partial charge in [-0.2, -0.15) is 0 Å². The number of rotatable bonds is 4. The first kappa shape index (κ1) is 12.2. The number of nitrogens with zero attached hydrogens (tertiary/aromatic N) is 2. The normalized spacial score (nSPS) is 17.1. The molecule has 86 valence electrons. The highest BCUT2D eigenvalue weighted by Crippen LogP contribution is 2.39. The molecule has 0 aliphatic heterocycles. The largest absolute Gasteiger partial charge is 0.393 e. The van der Waals surface area contributed by atoms with Crippen LogP contribution < -0.4 is 5.73 Å². The summed E-state index contributed by atoms with van der Waals surface area (Å²) in [6.45, 7) is 2.09. The van der Waals surface area contributed by atoms with Crippen molar-refractivity contribution in [3.63, 3.8) is 0 Å². The zero-order valence-electron chi connectivity index (χ0n) is 9.11. The quantitative estimate of drug-likeness (QED) is 0.851. The molecule has 0 radical (unpaired) electrons. The van der Waals surface area contributed by atoms with Gasteiger partial charge in [0.1, 0.15) is 0 Å². The van der Waals surface area contributed by atoms with Gasteiger partial charge in [-0.3, -0.25) is 0 Å². The number of thioether (sulfide) groups is 1. The Morgan fingerprint density at radius 1 is 1.62 bits per heavy atom. The molecule has 1 aromatic rings. The lowest BCUT2D eigenvalue weighted by Crippen LogP contribution is -2.00. The first-order chi connectivity index (χ1) is 7.72. The van der Waals surface area contributed by atoms with Gasteiger partial charge in [0.25, 0.3) is 0 Å². The molecule has 1 aliphatic carbocycles. The summed E-state index contributed by atoms with van der Waals surface area (Å²) in [5.41, 5.74) is 7.12. The Bertz CT molecular complexity index is 415. The summed E-state index contributed by atoms with van der Waals surface area (Å²) >= 11 is 3.86. The third-order valence-electron chi connectivity index (χ3n) is 2.39. The van der Waals surface area contributed by atoms with Gasteiger partial charge in [-0.25, -0.2) is 9.97 Å². The average molecular weight is 347 g/mol. The third-order valence-corrected chi connectivity index (χ3v) is 4.62. The van der Waals surface area contributed by atoms with Crippen molar-refractivity contribution in [2.75, 3.05) is 5.75 Å². The molecular weight excluding hydrogens is 333 g/mol. The summed E-state index contributed by atoms with van der Waals surface area (Å²) in [4.78, 5) is 8.85. The van der Waals surface area contributed by atoms with E-state index in [0.717, 1.165) is 25.9 Å². The van der Waals surface area contributed by atoms with Crippen molar-refractivity contribution >= 4 is 37.9 Å². The van der Waals surface area contributed by atoms with E-state index in [1.54, 1.807) is 11.8 Å². The molecule has 1 saturated carbocycles. The van der Waals surface area contributed by atoms with E-state index in [-0.39, 0.29) is 0 Å². The second kappa shape index (κ2) is 5.35. The Morgan fingerprint density at radius 2 is 2.38 bits per heavy atom. The van der Waals surface area contributed by atoms with E-state index in [1.165, 1.54) is 12.8 Å². The summed E-state index contributed by atoms with van der Waals surface area (Å²) in [5.74, 6) is 2.40. The highest BCUT2D eigenvalue weighted by Gasteiger charge is 2.25. The Balaban J connectivity index is 2.25. The van der Waals surface area contributed by atoms with Gasteiger partial charge in [-0.1, -0.05) is 6.92 Å². The minimum atomic E-state index is 0.658. The maximum atomic E-state index is 5.96. The summed E-state index contributed by atoms with van der Waals surface area (Å²) in [7, 11) is 0. The van der Waals surface area contributed by atoms with Gasteiger partial charge in [0, 0.05) is 17.8 Å². The monoisotopic (exact) mass is 347 g/mol. The van der Waals surface area contributed by atoms with E-state index < -0.39 is 0 Å². The van der Waals surface area contributed by atoms with E-state index in [1.807, 2.05) is 12.3 Å². The topological polar surface area (TPSA) is 51.8 Å². The predicted octanol–water partition coefficient (Wildman–Crippen LogP) is 3.13. The van der Waals surface area contributed by atoms with Gasteiger partial charge < -0.3 is 5.73 Å². The highest BCUT2D eigenvalue weighted by molar-refractivity contribution is 14.1. The van der Waals surface area contributed by atoms with Crippen LogP contribution in [-0.2, 0) is 0 Å². The van der Waals surface area contributed by atoms with Crippen LogP contribution in [0.25, 0.3) is 3.58 Å². The van der Waals surface area contributed by atoms with E-state index in [4.69, 9.17) is 5.73 Å². The van der Waals surface area contributed by atoms with E-state index in [0.29, 0.717) is 5.92 Å². The second-order valence-corrected chi connectivity index (χ2v) is 6.08. The summed E-state index contributed by atoms with van der Waals surface area (Å²) < 4.78 is 0.965. The van der Waals surface area contributed by atoms with Crippen molar-refractivity contribution in [3.05, 3.63) is 28.8 Å². The molecule has 5 heteroatoms. The molecule has 1 aromatic heterocycles. The fourth-order valence-electron chi connectivity index (χ4n) is 1.41. The third kappa shape index (κ3) is 2.88. The highest BCUT2D eigenvalue weighted by atomic mass is 127. The van der Waals surface area contributed by atoms with Crippen LogP contribution in [0.2, 0.25) is 0 Å². The molecule has 0 saturated heterocycles. The standard InChI is InChI=1S/C11H14IN3S/c1-2-16-10(13)9(12)11-14-6-5-8(15-11)7-3-4-7/h5-7H,2-4,13H2,1H3. The Labute approximate surface area is 113 Å². The number of hydrogen-bond acceptors (Lipinski definition) is 4. The molecule has 1 heterocycles. The summed E-state index contributed by atoms with van der Waals surface area (Å²) in [6, 6.07) is 2.01. The molecule has 2 rings (SSSR count). The Hall–Kier alpha value is -0.300. The molecule has 0 amide bonds. The lowest BCUT2D eigenvalue weighted by Gasteiger charge is -2.05. The van der Waals surface area contributed by atoms with Crippen LogP contribution in [0, 0.1) is 0 Å². The number of aromatic nitrogens is 2. The molecule has 2 N–H and O–H groups in total. The average Bonchev–Trinajstić information content (AvgIpc) is 3.12. The SMILES string of the molecule is CCSC(N)=C(I)c1nccc(C2CC2)n1. The van der Waals surface area contributed by atoms with Crippen molar-refractivity contribution in [2.24, 2.45) is 5.73 Å². The summed E-state index contributed by atoms with van der Waals surface area (Å²) in [5, 5.41) is 0.816. The van der Waals surface area contributed by atoms with Crippen LogP contribution in [0.4, 0.5) is 0 Å². The zero-order chi connectivity index (χ0) is 11.5. The number of halogens is 1. The van der Waals surface area contributed by atoms with Crippen LogP contribution in [0.15, 0.2) is 17.3 Å². The van der Waals surface area contributed by atoms with Gasteiger partial charge in [-0.15, -0.1) is 11.8 Å². The van der Waals surface area contributed by atoms with Crippen molar-refractivity contribution in [3.8, 4) is 0 Å². The first-order valence-corrected chi connectivity index (χ1v) is 7.40. The van der Waals surface area contributed by atoms with Crippen molar-refractivity contribution in [1.82, 2.24) is 9.97 Å². The van der Waals surface area contributed by atoms with Crippen molar-refractivity contribution in [2.45, 2.75) is 25.7 Å². The van der Waals surface area contributed by atoms with Gasteiger partial charge in [0.05, 0.1) is 8.61 Å². The fraction of sp³-hybridized carbons (Fsp3) is 0.455. The van der Waals surface area contributed by atoms with Gasteiger partial charge in [0.2, 0.25) is 0 Å². The maximum Gasteiger partial charge on any atom is 0.168 e. The molecule has 0 unspecified atom stereocenters. The van der Waals surface area contributed by atoms with Crippen LogP contribution in [0.3, 0.4) is 0 Å². The smallest absolute Gasteiger partial charge is 0.168 e. The molecule has 1 aliphatic rings. The van der Waals surface area contributed by atoms with Gasteiger partial charge in [0.15, 0.2) is 5.82 Å². The van der Waals surface area contributed by atoms with Crippen molar-refractivity contribution in [1.29, 1.82) is 0 Å². The molecule has 16 heavy (non-hydrogen) atoms. The molecule has 0 spiro atoms. The van der Waals surface area contributed by atoms with Gasteiger partial charge >= 0.3 is 0 Å². The van der Waals surface area contributed by atoms with E-state index in [9.17, 15) is 0 Å². The minimum absolute atomic E-state index is 0.658. The van der Waals surface area contributed by atoms with E-state index in [2.05, 4.69) is 39.5 Å². The molecule has 3 nitrogen and oxygen atoms in total. The first-order valence-electron chi connectivity index (χ1n) is 5.33. The second-order valence-electron chi connectivity index (χ2n) is 3.69. The zero-order valence-corrected chi connectivity index (χ0v) is 12.1. The van der Waals surface area contributed by atoms with Crippen LogP contribution >= 0.6 is 34.4 Å². The lowest BCUT2D eigenvalue weighted by atomic mass is 10.3. The molecule has 1 fully saturated rings. The van der Waals surface area contributed by atoms with Crippen molar-refractivity contribution < 1.29 is 0 Å². The number of nitrogens with two attached hydrogens (primary N) is 1. The minimum Gasteiger partial charge on any atom is -0.393 e. The molecule has 0 bridgehead atoms. The van der Waals surface area contributed by atoms with E-state index >= 15 is 0 Å². The number of hydrogen-bond donors (Lipinski definition) is 1.